The molecule has 1 fully saturated rings. The number of thioether (sulfide) groups is 1. The van der Waals surface area contributed by atoms with Crippen molar-refractivity contribution in [2.75, 3.05) is 18.8 Å². The number of benzene rings is 1. The summed E-state index contributed by atoms with van der Waals surface area (Å²) >= 11 is 1.91. The van der Waals surface area contributed by atoms with Gasteiger partial charge in [-0.05, 0) is 37.0 Å². The van der Waals surface area contributed by atoms with E-state index in [-0.39, 0.29) is 6.10 Å². The Kier molecular flexibility index (Phi) is 4.42. The Labute approximate surface area is 141 Å². The fraction of sp³-hybridized carbons (Fsp3) is 0.500. The molecular formula is C18H23N3OS. The average molecular weight is 329 g/mol. The number of aromatic nitrogens is 2. The van der Waals surface area contributed by atoms with Crippen molar-refractivity contribution in [3.63, 3.8) is 0 Å². The Morgan fingerprint density at radius 3 is 2.83 bits per heavy atom. The molecule has 1 aliphatic carbocycles. The highest BCUT2D eigenvalue weighted by Gasteiger charge is 2.33. The summed E-state index contributed by atoms with van der Waals surface area (Å²) < 4.78 is 2.09. The van der Waals surface area contributed by atoms with E-state index in [4.69, 9.17) is 0 Å². The summed E-state index contributed by atoms with van der Waals surface area (Å²) in [6, 6.07) is 12.7. The van der Waals surface area contributed by atoms with Crippen molar-refractivity contribution in [3.8, 4) is 0 Å². The molecule has 0 amide bonds. The number of aliphatic hydroxyl groups is 1. The van der Waals surface area contributed by atoms with Crippen LogP contribution in [0.5, 0.6) is 0 Å². The van der Waals surface area contributed by atoms with Crippen LogP contribution in [-0.2, 0) is 13.1 Å². The van der Waals surface area contributed by atoms with E-state index in [9.17, 15) is 5.11 Å². The minimum atomic E-state index is -0.352. The molecule has 0 radical (unpaired) electrons. The van der Waals surface area contributed by atoms with Crippen LogP contribution in [0.4, 0.5) is 0 Å². The molecular weight excluding hydrogens is 306 g/mol. The Morgan fingerprint density at radius 1 is 1.22 bits per heavy atom. The van der Waals surface area contributed by atoms with Gasteiger partial charge >= 0.3 is 0 Å². The number of hydrogen-bond acceptors (Lipinski definition) is 4. The molecule has 0 spiro atoms. The van der Waals surface area contributed by atoms with Crippen molar-refractivity contribution in [2.45, 2.75) is 36.9 Å². The molecule has 122 valence electrons. The predicted octanol–water partition coefficient (Wildman–Crippen LogP) is 2.93. The first-order valence-electron chi connectivity index (χ1n) is 8.44. The maximum absolute atomic E-state index is 10.3. The Morgan fingerprint density at radius 2 is 2.04 bits per heavy atom. The number of hydrogen-bond donors (Lipinski definition) is 1. The molecule has 2 heterocycles. The standard InChI is InChI=1S/C18H23N3OS/c22-18(14-6-7-14)17-12-15-13-20(8-9-21(15)19-17)10-11-23-16-4-2-1-3-5-16/h1-5,12,14,18,22H,6-11,13H2/t18-/m0/s1. The zero-order valence-corrected chi connectivity index (χ0v) is 14.1. The lowest BCUT2D eigenvalue weighted by atomic mass is 10.1. The molecule has 1 aromatic carbocycles. The average Bonchev–Trinajstić information content (AvgIpc) is 3.34. The summed E-state index contributed by atoms with van der Waals surface area (Å²) in [6.07, 6.45) is 1.94. The van der Waals surface area contributed by atoms with Crippen molar-refractivity contribution in [3.05, 3.63) is 47.8 Å². The predicted molar refractivity (Wildman–Crippen MR) is 92.4 cm³/mol. The van der Waals surface area contributed by atoms with Gasteiger partial charge in [-0.3, -0.25) is 9.58 Å². The number of aliphatic hydroxyl groups excluding tert-OH is 1. The van der Waals surface area contributed by atoms with Gasteiger partial charge in [0.15, 0.2) is 0 Å². The Hall–Kier alpha value is -1.30. The van der Waals surface area contributed by atoms with E-state index < -0.39 is 0 Å². The van der Waals surface area contributed by atoms with Crippen LogP contribution in [0, 0.1) is 5.92 Å². The highest BCUT2D eigenvalue weighted by atomic mass is 32.2. The van der Waals surface area contributed by atoms with Gasteiger partial charge in [0.25, 0.3) is 0 Å². The second kappa shape index (κ2) is 6.67. The molecule has 2 aromatic rings. The van der Waals surface area contributed by atoms with Crippen LogP contribution in [0.1, 0.15) is 30.3 Å². The first kappa shape index (κ1) is 15.2. The van der Waals surface area contributed by atoms with Crippen LogP contribution in [-0.4, -0.2) is 38.6 Å². The first-order chi connectivity index (χ1) is 11.3. The summed E-state index contributed by atoms with van der Waals surface area (Å²) in [5, 5.41) is 14.9. The maximum atomic E-state index is 10.3. The zero-order chi connectivity index (χ0) is 15.6. The van der Waals surface area contributed by atoms with E-state index in [1.165, 1.54) is 10.6 Å². The van der Waals surface area contributed by atoms with Gasteiger partial charge in [-0.15, -0.1) is 11.8 Å². The van der Waals surface area contributed by atoms with Crippen molar-refractivity contribution in [2.24, 2.45) is 5.92 Å². The fourth-order valence-corrected chi connectivity index (χ4v) is 4.08. The molecule has 0 bridgehead atoms. The summed E-state index contributed by atoms with van der Waals surface area (Å²) in [4.78, 5) is 3.82. The number of rotatable bonds is 6. The second-order valence-electron chi connectivity index (χ2n) is 6.50. The van der Waals surface area contributed by atoms with E-state index in [1.807, 2.05) is 11.8 Å². The lowest BCUT2D eigenvalue weighted by Gasteiger charge is -2.27. The van der Waals surface area contributed by atoms with Gasteiger partial charge in [-0.1, -0.05) is 18.2 Å². The third-order valence-electron chi connectivity index (χ3n) is 4.69. The van der Waals surface area contributed by atoms with Crippen molar-refractivity contribution >= 4 is 11.8 Å². The van der Waals surface area contributed by atoms with E-state index in [1.54, 1.807) is 0 Å². The van der Waals surface area contributed by atoms with Crippen molar-refractivity contribution < 1.29 is 5.11 Å². The zero-order valence-electron chi connectivity index (χ0n) is 13.3. The van der Waals surface area contributed by atoms with E-state index >= 15 is 0 Å². The topological polar surface area (TPSA) is 41.3 Å². The smallest absolute Gasteiger partial charge is 0.101 e. The monoisotopic (exact) mass is 329 g/mol. The maximum Gasteiger partial charge on any atom is 0.101 e. The fourth-order valence-electron chi connectivity index (χ4n) is 3.14. The van der Waals surface area contributed by atoms with Crippen LogP contribution in [0.15, 0.2) is 41.3 Å². The third-order valence-corrected chi connectivity index (χ3v) is 5.68. The number of nitrogens with zero attached hydrogens (tertiary/aromatic N) is 3. The highest BCUT2D eigenvalue weighted by molar-refractivity contribution is 7.99. The molecule has 1 aliphatic heterocycles. The van der Waals surface area contributed by atoms with Gasteiger partial charge in [-0.25, -0.2) is 0 Å². The van der Waals surface area contributed by atoms with Crippen LogP contribution in [0.2, 0.25) is 0 Å². The summed E-state index contributed by atoms with van der Waals surface area (Å²) in [5.41, 5.74) is 2.12. The molecule has 1 atom stereocenters. The molecule has 1 N–H and O–H groups in total. The van der Waals surface area contributed by atoms with Crippen molar-refractivity contribution in [1.29, 1.82) is 0 Å². The van der Waals surface area contributed by atoms with Gasteiger partial charge in [0.2, 0.25) is 0 Å². The second-order valence-corrected chi connectivity index (χ2v) is 7.67. The summed E-state index contributed by atoms with van der Waals surface area (Å²) in [6.45, 7) is 4.01. The summed E-state index contributed by atoms with van der Waals surface area (Å²) in [5.74, 6) is 1.56. The highest BCUT2D eigenvalue weighted by Crippen LogP contribution is 2.40. The molecule has 4 nitrogen and oxygen atoms in total. The van der Waals surface area contributed by atoms with Gasteiger partial charge in [-0.2, -0.15) is 5.10 Å². The molecule has 1 aromatic heterocycles. The first-order valence-corrected chi connectivity index (χ1v) is 9.43. The molecule has 0 unspecified atom stereocenters. The van der Waals surface area contributed by atoms with Crippen molar-refractivity contribution in [1.82, 2.24) is 14.7 Å². The van der Waals surface area contributed by atoms with E-state index in [2.05, 4.69) is 51.1 Å². The lowest BCUT2D eigenvalue weighted by molar-refractivity contribution is 0.147. The SMILES string of the molecule is O[C@H](c1cc2n(n1)CCN(CCSc1ccccc1)C2)C1CC1. The van der Waals surface area contributed by atoms with Gasteiger partial charge < -0.3 is 5.11 Å². The third kappa shape index (κ3) is 3.62. The van der Waals surface area contributed by atoms with Gasteiger partial charge in [0, 0.05) is 30.3 Å². The molecule has 5 heteroatoms. The summed E-state index contributed by atoms with van der Waals surface area (Å²) in [7, 11) is 0. The molecule has 4 rings (SSSR count). The molecule has 2 aliphatic rings. The van der Waals surface area contributed by atoms with Gasteiger partial charge in [0.05, 0.1) is 17.9 Å². The van der Waals surface area contributed by atoms with Crippen LogP contribution in [0.25, 0.3) is 0 Å². The largest absolute Gasteiger partial charge is 0.386 e. The Balaban J connectivity index is 1.31. The quantitative estimate of drug-likeness (QED) is 0.828. The normalized spacial score (nSPS) is 19.5. The molecule has 0 saturated heterocycles. The van der Waals surface area contributed by atoms with Crippen LogP contribution < -0.4 is 0 Å². The number of fused-ring (bicyclic) bond motifs is 1. The Bertz CT molecular complexity index is 654. The van der Waals surface area contributed by atoms with E-state index in [0.29, 0.717) is 5.92 Å². The minimum absolute atomic E-state index is 0.352. The van der Waals surface area contributed by atoms with Crippen LogP contribution >= 0.6 is 11.8 Å². The van der Waals surface area contributed by atoms with E-state index in [0.717, 1.165) is 50.5 Å². The van der Waals surface area contributed by atoms with Crippen LogP contribution in [0.3, 0.4) is 0 Å². The lowest BCUT2D eigenvalue weighted by Crippen LogP contribution is -2.35. The minimum Gasteiger partial charge on any atom is -0.386 e. The molecule has 23 heavy (non-hydrogen) atoms. The molecule has 1 saturated carbocycles. The van der Waals surface area contributed by atoms with Gasteiger partial charge in [0.1, 0.15) is 6.10 Å².